The lowest BCUT2D eigenvalue weighted by atomic mass is 9.92. The van der Waals surface area contributed by atoms with Crippen LogP contribution >= 0.6 is 38.9 Å². The standard InChI is InChI=1S/C12H13BrClN3S/c1-6-5-18-11(15-6)10-16-8(12(2,3)4)7(13)9(14)17-10/h5H,1-4H3. The van der Waals surface area contributed by atoms with Crippen molar-refractivity contribution in [2.75, 3.05) is 0 Å². The Balaban J connectivity index is 2.61. The van der Waals surface area contributed by atoms with Gasteiger partial charge in [-0.2, -0.15) is 0 Å². The maximum absolute atomic E-state index is 6.16. The molecule has 0 atom stereocenters. The first-order valence-corrected chi connectivity index (χ1v) is 7.50. The lowest BCUT2D eigenvalue weighted by Gasteiger charge is -2.20. The Labute approximate surface area is 124 Å². The molecule has 0 spiro atoms. The quantitative estimate of drug-likeness (QED) is 0.707. The topological polar surface area (TPSA) is 38.7 Å². The molecule has 2 aromatic rings. The van der Waals surface area contributed by atoms with Crippen LogP contribution in [0.1, 0.15) is 32.2 Å². The third kappa shape index (κ3) is 2.73. The molecule has 0 radical (unpaired) electrons. The third-order valence-electron chi connectivity index (χ3n) is 2.33. The highest BCUT2D eigenvalue weighted by molar-refractivity contribution is 9.10. The maximum Gasteiger partial charge on any atom is 0.190 e. The summed E-state index contributed by atoms with van der Waals surface area (Å²) >= 11 is 11.1. The van der Waals surface area contributed by atoms with Gasteiger partial charge in [-0.3, -0.25) is 0 Å². The van der Waals surface area contributed by atoms with Crippen molar-refractivity contribution >= 4 is 38.9 Å². The number of nitrogens with zero attached hydrogens (tertiary/aromatic N) is 3. The van der Waals surface area contributed by atoms with Gasteiger partial charge >= 0.3 is 0 Å². The van der Waals surface area contributed by atoms with Crippen molar-refractivity contribution in [1.29, 1.82) is 0 Å². The van der Waals surface area contributed by atoms with Gasteiger partial charge in [-0.15, -0.1) is 11.3 Å². The number of aromatic nitrogens is 3. The van der Waals surface area contributed by atoms with Crippen LogP contribution in [0.5, 0.6) is 0 Å². The Morgan fingerprint density at radius 3 is 2.39 bits per heavy atom. The van der Waals surface area contributed by atoms with E-state index in [0.29, 0.717) is 11.0 Å². The Bertz CT molecular complexity index is 589. The van der Waals surface area contributed by atoms with Crippen LogP contribution in [-0.4, -0.2) is 15.0 Å². The number of halogens is 2. The normalized spacial score (nSPS) is 11.9. The molecule has 6 heteroatoms. The molecule has 96 valence electrons. The molecule has 0 saturated heterocycles. The third-order valence-corrected chi connectivity index (χ3v) is 4.54. The number of rotatable bonds is 1. The fourth-order valence-corrected chi connectivity index (χ4v) is 3.14. The molecule has 2 rings (SSSR count). The van der Waals surface area contributed by atoms with E-state index in [-0.39, 0.29) is 5.41 Å². The van der Waals surface area contributed by atoms with E-state index in [0.717, 1.165) is 20.9 Å². The molecule has 0 bridgehead atoms. The highest BCUT2D eigenvalue weighted by atomic mass is 79.9. The van der Waals surface area contributed by atoms with E-state index >= 15 is 0 Å². The van der Waals surface area contributed by atoms with E-state index in [1.54, 1.807) is 0 Å². The molecule has 0 N–H and O–H groups in total. The maximum atomic E-state index is 6.16. The zero-order valence-electron chi connectivity index (χ0n) is 10.6. The van der Waals surface area contributed by atoms with Crippen molar-refractivity contribution in [2.24, 2.45) is 0 Å². The Kier molecular flexibility index (Phi) is 3.76. The first-order chi connectivity index (χ1) is 8.29. The van der Waals surface area contributed by atoms with Gasteiger partial charge in [0.05, 0.1) is 10.2 Å². The summed E-state index contributed by atoms with van der Waals surface area (Å²) in [4.78, 5) is 13.3. The van der Waals surface area contributed by atoms with E-state index in [4.69, 9.17) is 11.6 Å². The predicted octanol–water partition coefficient (Wildman–Crippen LogP) is 4.62. The Hall–Kier alpha value is -0.520. The van der Waals surface area contributed by atoms with E-state index in [1.165, 1.54) is 11.3 Å². The van der Waals surface area contributed by atoms with Crippen LogP contribution in [-0.2, 0) is 5.41 Å². The molecule has 0 aliphatic rings. The van der Waals surface area contributed by atoms with Gasteiger partial charge < -0.3 is 0 Å². The minimum Gasteiger partial charge on any atom is -0.238 e. The minimum atomic E-state index is -0.105. The van der Waals surface area contributed by atoms with Crippen molar-refractivity contribution in [1.82, 2.24) is 15.0 Å². The van der Waals surface area contributed by atoms with Crippen molar-refractivity contribution < 1.29 is 0 Å². The second-order valence-corrected chi connectivity index (χ2v) is 7.05. The van der Waals surface area contributed by atoms with E-state index in [9.17, 15) is 0 Å². The van der Waals surface area contributed by atoms with E-state index in [1.807, 2.05) is 12.3 Å². The Morgan fingerprint density at radius 1 is 1.22 bits per heavy atom. The van der Waals surface area contributed by atoms with Crippen molar-refractivity contribution in [3.63, 3.8) is 0 Å². The molecular formula is C12H13BrClN3S. The summed E-state index contributed by atoms with van der Waals surface area (Å²) in [6.07, 6.45) is 0. The molecule has 0 unspecified atom stereocenters. The van der Waals surface area contributed by atoms with Gasteiger partial charge in [-0.05, 0) is 22.9 Å². The lowest BCUT2D eigenvalue weighted by Crippen LogP contribution is -2.16. The highest BCUT2D eigenvalue weighted by Gasteiger charge is 2.23. The van der Waals surface area contributed by atoms with Crippen LogP contribution in [0, 0.1) is 6.92 Å². The zero-order valence-corrected chi connectivity index (χ0v) is 13.7. The largest absolute Gasteiger partial charge is 0.238 e. The van der Waals surface area contributed by atoms with Crippen molar-refractivity contribution in [3.05, 3.63) is 26.4 Å². The van der Waals surface area contributed by atoms with Gasteiger partial charge in [0, 0.05) is 16.5 Å². The van der Waals surface area contributed by atoms with Crippen LogP contribution in [0.25, 0.3) is 10.8 Å². The van der Waals surface area contributed by atoms with Crippen LogP contribution in [0.3, 0.4) is 0 Å². The summed E-state index contributed by atoms with van der Waals surface area (Å²) in [6.45, 7) is 8.22. The second-order valence-electron chi connectivity index (χ2n) is 5.04. The first kappa shape index (κ1) is 13.9. The van der Waals surface area contributed by atoms with E-state index < -0.39 is 0 Å². The molecule has 18 heavy (non-hydrogen) atoms. The summed E-state index contributed by atoms with van der Waals surface area (Å²) in [5.74, 6) is 0.589. The summed E-state index contributed by atoms with van der Waals surface area (Å²) in [5.41, 5.74) is 1.76. The molecule has 0 fully saturated rings. The number of aryl methyl sites for hydroxylation is 1. The summed E-state index contributed by atoms with van der Waals surface area (Å²) in [7, 11) is 0. The number of hydrogen-bond donors (Lipinski definition) is 0. The number of hydrogen-bond acceptors (Lipinski definition) is 4. The lowest BCUT2D eigenvalue weighted by molar-refractivity contribution is 0.564. The fourth-order valence-electron chi connectivity index (χ4n) is 1.47. The average molecular weight is 347 g/mol. The van der Waals surface area contributed by atoms with Gasteiger partial charge in [-0.25, -0.2) is 15.0 Å². The molecule has 2 heterocycles. The van der Waals surface area contributed by atoms with Crippen LogP contribution in [0.15, 0.2) is 9.85 Å². The van der Waals surface area contributed by atoms with Crippen LogP contribution in [0.2, 0.25) is 5.15 Å². The molecule has 0 aliphatic heterocycles. The number of thiazole rings is 1. The molecule has 0 amide bonds. The molecule has 2 aromatic heterocycles. The van der Waals surface area contributed by atoms with Gasteiger partial charge in [0.1, 0.15) is 5.15 Å². The molecular weight excluding hydrogens is 334 g/mol. The smallest absolute Gasteiger partial charge is 0.190 e. The summed E-state index contributed by atoms with van der Waals surface area (Å²) in [5, 5.41) is 3.20. The molecule has 0 aromatic carbocycles. The monoisotopic (exact) mass is 345 g/mol. The van der Waals surface area contributed by atoms with Crippen LogP contribution in [0.4, 0.5) is 0 Å². The van der Waals surface area contributed by atoms with Gasteiger partial charge in [0.25, 0.3) is 0 Å². The molecule has 3 nitrogen and oxygen atoms in total. The van der Waals surface area contributed by atoms with Gasteiger partial charge in [-0.1, -0.05) is 32.4 Å². The second kappa shape index (κ2) is 4.87. The van der Waals surface area contributed by atoms with Gasteiger partial charge in [0.2, 0.25) is 0 Å². The van der Waals surface area contributed by atoms with Crippen molar-refractivity contribution in [3.8, 4) is 10.8 Å². The zero-order chi connectivity index (χ0) is 13.5. The summed E-state index contributed by atoms with van der Waals surface area (Å²) < 4.78 is 0.758. The van der Waals surface area contributed by atoms with Gasteiger partial charge in [0.15, 0.2) is 10.8 Å². The molecule has 0 saturated carbocycles. The minimum absolute atomic E-state index is 0.105. The highest BCUT2D eigenvalue weighted by Crippen LogP contribution is 2.34. The average Bonchev–Trinajstić information content (AvgIpc) is 2.67. The van der Waals surface area contributed by atoms with Crippen molar-refractivity contribution in [2.45, 2.75) is 33.1 Å². The first-order valence-electron chi connectivity index (χ1n) is 5.45. The van der Waals surface area contributed by atoms with E-state index in [2.05, 4.69) is 51.7 Å². The predicted molar refractivity (Wildman–Crippen MR) is 79.3 cm³/mol. The fraction of sp³-hybridized carbons (Fsp3) is 0.417. The van der Waals surface area contributed by atoms with Crippen LogP contribution < -0.4 is 0 Å². The summed E-state index contributed by atoms with van der Waals surface area (Å²) in [6, 6.07) is 0. The Morgan fingerprint density at radius 2 is 1.89 bits per heavy atom. The molecule has 0 aliphatic carbocycles. The SMILES string of the molecule is Cc1csc(-c2nc(Cl)c(Br)c(C(C)(C)C)n2)n1.